The summed E-state index contributed by atoms with van der Waals surface area (Å²) in [5.74, 6) is 2.27. The van der Waals surface area contributed by atoms with Gasteiger partial charge in [-0.2, -0.15) is 4.98 Å². The first-order chi connectivity index (χ1) is 9.49. The lowest BCUT2D eigenvalue weighted by molar-refractivity contribution is 0.230. The number of aromatic nitrogens is 2. The molecule has 5 heteroatoms. The predicted molar refractivity (Wildman–Crippen MR) is 81.4 cm³/mol. The Morgan fingerprint density at radius 1 is 1.25 bits per heavy atom. The van der Waals surface area contributed by atoms with Crippen LogP contribution in [-0.2, 0) is 5.41 Å². The van der Waals surface area contributed by atoms with Crippen LogP contribution < -0.4 is 10.1 Å². The molecule has 1 saturated heterocycles. The Morgan fingerprint density at radius 2 is 1.95 bits per heavy atom. The largest absolute Gasteiger partial charge is 0.476 e. The van der Waals surface area contributed by atoms with Gasteiger partial charge in [0.1, 0.15) is 18.2 Å². The highest BCUT2D eigenvalue weighted by Crippen LogP contribution is 2.23. The number of hydrogen-bond acceptors (Lipinski definition) is 5. The standard InChI is InChI=1S/C15H26N4O/c1-15(2,3)14-17-12(16-4)11-13(18-14)20-10-9-19-7-5-6-8-19/h11H,5-10H2,1-4H3,(H,16,17,18). The van der Waals surface area contributed by atoms with Gasteiger partial charge in [0.2, 0.25) is 5.88 Å². The van der Waals surface area contributed by atoms with E-state index in [2.05, 4.69) is 41.0 Å². The van der Waals surface area contributed by atoms with Crippen LogP contribution in [0.25, 0.3) is 0 Å². The molecule has 0 bridgehead atoms. The third-order valence-electron chi connectivity index (χ3n) is 3.49. The molecule has 1 aliphatic heterocycles. The van der Waals surface area contributed by atoms with Crippen molar-refractivity contribution in [1.29, 1.82) is 0 Å². The lowest BCUT2D eigenvalue weighted by Gasteiger charge is -2.19. The number of ether oxygens (including phenoxy) is 1. The van der Waals surface area contributed by atoms with E-state index in [1.165, 1.54) is 25.9 Å². The maximum absolute atomic E-state index is 5.81. The molecule has 112 valence electrons. The molecule has 1 N–H and O–H groups in total. The van der Waals surface area contributed by atoms with Gasteiger partial charge in [-0.1, -0.05) is 20.8 Å². The van der Waals surface area contributed by atoms with Gasteiger partial charge in [-0.25, -0.2) is 4.98 Å². The Labute approximate surface area is 121 Å². The van der Waals surface area contributed by atoms with Gasteiger partial charge in [0.05, 0.1) is 0 Å². The third kappa shape index (κ3) is 4.07. The van der Waals surface area contributed by atoms with Crippen molar-refractivity contribution in [1.82, 2.24) is 14.9 Å². The summed E-state index contributed by atoms with van der Waals surface area (Å²) >= 11 is 0. The molecule has 2 heterocycles. The summed E-state index contributed by atoms with van der Waals surface area (Å²) in [6, 6.07) is 1.86. The van der Waals surface area contributed by atoms with Gasteiger partial charge in [0.15, 0.2) is 0 Å². The summed E-state index contributed by atoms with van der Waals surface area (Å²) in [7, 11) is 1.86. The molecule has 0 unspecified atom stereocenters. The average Bonchev–Trinajstić information content (AvgIpc) is 2.90. The third-order valence-corrected chi connectivity index (χ3v) is 3.49. The number of likely N-dealkylation sites (tertiary alicyclic amines) is 1. The molecule has 0 aliphatic carbocycles. The van der Waals surface area contributed by atoms with E-state index in [0.29, 0.717) is 12.5 Å². The van der Waals surface area contributed by atoms with Gasteiger partial charge in [-0.3, -0.25) is 4.90 Å². The van der Waals surface area contributed by atoms with Crippen LogP contribution in [0, 0.1) is 0 Å². The van der Waals surface area contributed by atoms with E-state index in [1.54, 1.807) is 0 Å². The maximum Gasteiger partial charge on any atom is 0.218 e. The number of anilines is 1. The summed E-state index contributed by atoms with van der Waals surface area (Å²) in [6.07, 6.45) is 2.62. The van der Waals surface area contributed by atoms with Crippen molar-refractivity contribution in [3.8, 4) is 5.88 Å². The van der Waals surface area contributed by atoms with E-state index in [9.17, 15) is 0 Å². The number of rotatable bonds is 5. The minimum Gasteiger partial charge on any atom is -0.476 e. The SMILES string of the molecule is CNc1cc(OCCN2CCCC2)nc(C(C)(C)C)n1. The van der Waals surface area contributed by atoms with E-state index < -0.39 is 0 Å². The predicted octanol–water partition coefficient (Wildman–Crippen LogP) is 2.29. The van der Waals surface area contributed by atoms with Crippen molar-refractivity contribution in [2.75, 3.05) is 38.6 Å². The normalized spacial score (nSPS) is 16.4. The fraction of sp³-hybridized carbons (Fsp3) is 0.733. The summed E-state index contributed by atoms with van der Waals surface area (Å²) in [6.45, 7) is 10.4. The molecule has 0 amide bonds. The van der Waals surface area contributed by atoms with Gasteiger partial charge in [-0.05, 0) is 25.9 Å². The molecule has 1 aliphatic rings. The fourth-order valence-corrected chi connectivity index (χ4v) is 2.25. The van der Waals surface area contributed by atoms with Crippen molar-refractivity contribution >= 4 is 5.82 Å². The fourth-order valence-electron chi connectivity index (χ4n) is 2.25. The van der Waals surface area contributed by atoms with Crippen LogP contribution >= 0.6 is 0 Å². The molecular weight excluding hydrogens is 252 g/mol. The van der Waals surface area contributed by atoms with Crippen molar-refractivity contribution < 1.29 is 4.74 Å². The molecule has 0 spiro atoms. The molecule has 0 atom stereocenters. The second kappa shape index (κ2) is 6.39. The minimum absolute atomic E-state index is 0.0834. The summed E-state index contributed by atoms with van der Waals surface area (Å²) in [4.78, 5) is 11.5. The Bertz CT molecular complexity index is 436. The number of nitrogens with one attached hydrogen (secondary N) is 1. The zero-order valence-corrected chi connectivity index (χ0v) is 13.1. The summed E-state index contributed by atoms with van der Waals surface area (Å²) in [5, 5.41) is 3.07. The van der Waals surface area contributed by atoms with E-state index >= 15 is 0 Å². The van der Waals surface area contributed by atoms with E-state index in [4.69, 9.17) is 4.74 Å². The maximum atomic E-state index is 5.81. The second-order valence-electron chi connectivity index (χ2n) is 6.31. The highest BCUT2D eigenvalue weighted by molar-refractivity contribution is 5.38. The first-order valence-corrected chi connectivity index (χ1v) is 7.41. The number of nitrogens with zero attached hydrogens (tertiary/aromatic N) is 3. The van der Waals surface area contributed by atoms with Gasteiger partial charge < -0.3 is 10.1 Å². The monoisotopic (exact) mass is 278 g/mol. The zero-order chi connectivity index (χ0) is 14.6. The van der Waals surface area contributed by atoms with Crippen LogP contribution in [0.1, 0.15) is 39.4 Å². The molecule has 0 aromatic carbocycles. The van der Waals surface area contributed by atoms with Crippen molar-refractivity contribution in [3.63, 3.8) is 0 Å². The van der Waals surface area contributed by atoms with E-state index in [-0.39, 0.29) is 5.41 Å². The first-order valence-electron chi connectivity index (χ1n) is 7.41. The zero-order valence-electron chi connectivity index (χ0n) is 13.1. The van der Waals surface area contributed by atoms with Gasteiger partial charge in [0.25, 0.3) is 0 Å². The highest BCUT2D eigenvalue weighted by Gasteiger charge is 2.19. The van der Waals surface area contributed by atoms with Gasteiger partial charge in [-0.15, -0.1) is 0 Å². The first kappa shape index (κ1) is 15.0. The molecule has 2 rings (SSSR count). The quantitative estimate of drug-likeness (QED) is 0.895. The van der Waals surface area contributed by atoms with Gasteiger partial charge >= 0.3 is 0 Å². The lowest BCUT2D eigenvalue weighted by atomic mass is 9.96. The topological polar surface area (TPSA) is 50.3 Å². The Kier molecular flexibility index (Phi) is 4.81. The highest BCUT2D eigenvalue weighted by atomic mass is 16.5. The van der Waals surface area contributed by atoms with E-state index in [0.717, 1.165) is 18.2 Å². The molecule has 0 saturated carbocycles. The Morgan fingerprint density at radius 3 is 2.55 bits per heavy atom. The molecule has 0 radical (unpaired) electrons. The molecule has 1 fully saturated rings. The lowest BCUT2D eigenvalue weighted by Crippen LogP contribution is -2.25. The van der Waals surface area contributed by atoms with Crippen LogP contribution in [0.5, 0.6) is 5.88 Å². The second-order valence-corrected chi connectivity index (χ2v) is 6.31. The minimum atomic E-state index is -0.0834. The Hall–Kier alpha value is -1.36. The van der Waals surface area contributed by atoms with Gasteiger partial charge in [0, 0.05) is 25.1 Å². The van der Waals surface area contributed by atoms with Crippen LogP contribution in [0.3, 0.4) is 0 Å². The number of hydrogen-bond donors (Lipinski definition) is 1. The van der Waals surface area contributed by atoms with Crippen LogP contribution in [-0.4, -0.2) is 48.2 Å². The molecular formula is C15H26N4O. The molecule has 5 nitrogen and oxygen atoms in total. The Balaban J connectivity index is 1.98. The molecule has 1 aromatic heterocycles. The van der Waals surface area contributed by atoms with Crippen molar-refractivity contribution in [2.45, 2.75) is 39.0 Å². The van der Waals surface area contributed by atoms with Crippen molar-refractivity contribution in [2.24, 2.45) is 0 Å². The van der Waals surface area contributed by atoms with Crippen LogP contribution in [0.4, 0.5) is 5.82 Å². The average molecular weight is 278 g/mol. The summed E-state index contributed by atoms with van der Waals surface area (Å²) in [5.41, 5.74) is -0.0834. The molecule has 1 aromatic rings. The van der Waals surface area contributed by atoms with E-state index in [1.807, 2.05) is 13.1 Å². The smallest absolute Gasteiger partial charge is 0.218 e. The summed E-state index contributed by atoms with van der Waals surface area (Å²) < 4.78 is 5.81. The van der Waals surface area contributed by atoms with Crippen LogP contribution in [0.15, 0.2) is 6.07 Å². The van der Waals surface area contributed by atoms with Crippen LogP contribution in [0.2, 0.25) is 0 Å². The molecule has 20 heavy (non-hydrogen) atoms. The van der Waals surface area contributed by atoms with Crippen molar-refractivity contribution in [3.05, 3.63) is 11.9 Å².